The highest BCUT2D eigenvalue weighted by Crippen LogP contribution is 2.38. The molecule has 0 fully saturated rings. The van der Waals surface area contributed by atoms with Crippen molar-refractivity contribution in [3.05, 3.63) is 95.1 Å². The molecule has 0 aromatic heterocycles. The summed E-state index contributed by atoms with van der Waals surface area (Å²) in [5, 5.41) is 2.99. The van der Waals surface area contributed by atoms with E-state index in [-0.39, 0.29) is 23.8 Å². The second-order valence-electron chi connectivity index (χ2n) is 9.38. The van der Waals surface area contributed by atoms with Crippen LogP contribution in [0.15, 0.2) is 72.8 Å². The molecule has 0 atom stereocenters. The number of nitrogens with one attached hydrogen (secondary N) is 1. The zero-order chi connectivity index (χ0) is 24.1. The zero-order valence-corrected chi connectivity index (χ0v) is 20.1. The fourth-order valence-corrected chi connectivity index (χ4v) is 4.06. The molecule has 0 saturated carbocycles. The maximum Gasteiger partial charge on any atom is 0.265 e. The van der Waals surface area contributed by atoms with Crippen molar-refractivity contribution >= 4 is 17.5 Å². The van der Waals surface area contributed by atoms with Crippen molar-refractivity contribution in [2.75, 3.05) is 18.1 Å². The van der Waals surface area contributed by atoms with Crippen LogP contribution in [0.1, 0.15) is 54.2 Å². The molecule has 5 nitrogen and oxygen atoms in total. The Labute approximate surface area is 201 Å². The molecule has 0 spiro atoms. The molecule has 1 aliphatic heterocycles. The quantitative estimate of drug-likeness (QED) is 0.502. The molecule has 0 unspecified atom stereocenters. The zero-order valence-electron chi connectivity index (χ0n) is 20.1. The summed E-state index contributed by atoms with van der Waals surface area (Å²) < 4.78 is 5.69. The summed E-state index contributed by atoms with van der Waals surface area (Å²) in [5.74, 6) is 0.514. The van der Waals surface area contributed by atoms with Crippen molar-refractivity contribution < 1.29 is 14.3 Å². The molecule has 2 amide bonds. The van der Waals surface area contributed by atoms with E-state index in [4.69, 9.17) is 4.74 Å². The maximum atomic E-state index is 12.8. The van der Waals surface area contributed by atoms with Crippen LogP contribution in [0.3, 0.4) is 0 Å². The van der Waals surface area contributed by atoms with Crippen LogP contribution in [0.2, 0.25) is 0 Å². The minimum Gasteiger partial charge on any atom is -0.482 e. The Morgan fingerprint density at radius 3 is 2.53 bits per heavy atom. The molecule has 0 bridgehead atoms. The number of carbonyl (C=O) groups excluding carboxylic acids is 2. The van der Waals surface area contributed by atoms with Gasteiger partial charge in [-0.15, -0.1) is 0 Å². The van der Waals surface area contributed by atoms with Crippen LogP contribution in [-0.4, -0.2) is 25.0 Å². The van der Waals surface area contributed by atoms with Gasteiger partial charge < -0.3 is 15.0 Å². The normalized spacial score (nSPS) is 13.3. The lowest BCUT2D eigenvalue weighted by Gasteiger charge is -2.32. The molecule has 34 heavy (non-hydrogen) atoms. The highest BCUT2D eigenvalue weighted by Gasteiger charge is 2.28. The number of benzene rings is 3. The molecule has 3 aromatic rings. The first-order valence-electron chi connectivity index (χ1n) is 11.9. The number of hydrogen-bond acceptors (Lipinski definition) is 3. The molecule has 176 valence electrons. The number of amides is 2. The van der Waals surface area contributed by atoms with Gasteiger partial charge in [0.25, 0.3) is 11.8 Å². The van der Waals surface area contributed by atoms with Gasteiger partial charge >= 0.3 is 0 Å². The van der Waals surface area contributed by atoms with Gasteiger partial charge in [0.2, 0.25) is 0 Å². The predicted molar refractivity (Wildman–Crippen MR) is 135 cm³/mol. The maximum absolute atomic E-state index is 12.8. The first-order chi connectivity index (χ1) is 16.4. The minimum absolute atomic E-state index is 0.00104. The predicted octanol–water partition coefficient (Wildman–Crippen LogP) is 5.27. The lowest BCUT2D eigenvalue weighted by Crippen LogP contribution is -2.38. The van der Waals surface area contributed by atoms with E-state index in [2.05, 4.69) is 50.4 Å². The van der Waals surface area contributed by atoms with Gasteiger partial charge in [-0.1, -0.05) is 69.3 Å². The summed E-state index contributed by atoms with van der Waals surface area (Å²) in [7, 11) is 0. The topological polar surface area (TPSA) is 58.6 Å². The van der Waals surface area contributed by atoms with Gasteiger partial charge in [-0.3, -0.25) is 9.59 Å². The van der Waals surface area contributed by atoms with Gasteiger partial charge in [-0.05, 0) is 59.2 Å². The molecule has 0 saturated heterocycles. The average molecular weight is 457 g/mol. The van der Waals surface area contributed by atoms with Gasteiger partial charge in [-0.25, -0.2) is 0 Å². The van der Waals surface area contributed by atoms with Crippen LogP contribution >= 0.6 is 0 Å². The van der Waals surface area contributed by atoms with E-state index < -0.39 is 0 Å². The number of fused-ring (bicyclic) bond motifs is 1. The van der Waals surface area contributed by atoms with Gasteiger partial charge in [-0.2, -0.15) is 0 Å². The van der Waals surface area contributed by atoms with Gasteiger partial charge in [0.15, 0.2) is 6.61 Å². The Hall–Kier alpha value is -3.60. The fourth-order valence-electron chi connectivity index (χ4n) is 4.06. The fraction of sp³-hybridized carbons (Fsp3) is 0.310. The summed E-state index contributed by atoms with van der Waals surface area (Å²) in [5.41, 5.74) is 4.63. The number of anilines is 1. The first kappa shape index (κ1) is 23.6. The van der Waals surface area contributed by atoms with E-state index in [1.807, 2.05) is 42.5 Å². The number of rotatable bonds is 8. The van der Waals surface area contributed by atoms with E-state index in [1.54, 1.807) is 11.0 Å². The second-order valence-corrected chi connectivity index (χ2v) is 9.38. The van der Waals surface area contributed by atoms with Crippen LogP contribution in [0, 0.1) is 0 Å². The van der Waals surface area contributed by atoms with Crippen molar-refractivity contribution in [1.82, 2.24) is 5.32 Å². The Kier molecular flexibility index (Phi) is 7.01. The van der Waals surface area contributed by atoms with E-state index in [1.165, 1.54) is 11.1 Å². The van der Waals surface area contributed by atoms with Crippen LogP contribution in [0.5, 0.6) is 5.75 Å². The van der Waals surface area contributed by atoms with Gasteiger partial charge in [0.05, 0.1) is 12.2 Å². The third-order valence-electron chi connectivity index (χ3n) is 6.64. The summed E-state index contributed by atoms with van der Waals surface area (Å²) in [6.07, 6.45) is 1.77. The molecule has 1 N–H and O–H groups in total. The lowest BCUT2D eigenvalue weighted by molar-refractivity contribution is -0.121. The highest BCUT2D eigenvalue weighted by atomic mass is 16.5. The Bertz CT molecular complexity index is 1170. The Balaban J connectivity index is 1.49. The van der Waals surface area contributed by atoms with E-state index >= 15 is 0 Å². The number of ether oxygens (including phenoxy) is 1. The second kappa shape index (κ2) is 10.1. The SMILES string of the molecule is CCC(C)(C)c1ccc2c(c1)N(Cc1cccc(C(=O)NCCc3ccccc3)c1)C(=O)CO2. The number of hydrogen-bond donors (Lipinski definition) is 1. The molecular formula is C29H32N2O3. The third-order valence-corrected chi connectivity index (χ3v) is 6.64. The lowest BCUT2D eigenvalue weighted by atomic mass is 9.82. The summed E-state index contributed by atoms with van der Waals surface area (Å²) in [6, 6.07) is 23.7. The molecule has 1 aliphatic rings. The molecule has 5 heteroatoms. The van der Waals surface area contributed by atoms with Crippen molar-refractivity contribution in [3.8, 4) is 5.75 Å². The number of carbonyl (C=O) groups is 2. The van der Waals surface area contributed by atoms with Gasteiger partial charge in [0, 0.05) is 12.1 Å². The van der Waals surface area contributed by atoms with E-state index in [9.17, 15) is 9.59 Å². The van der Waals surface area contributed by atoms with Crippen molar-refractivity contribution in [1.29, 1.82) is 0 Å². The average Bonchev–Trinajstić information content (AvgIpc) is 2.86. The molecule has 3 aromatic carbocycles. The van der Waals surface area contributed by atoms with Crippen LogP contribution in [0.25, 0.3) is 0 Å². The molecule has 0 aliphatic carbocycles. The first-order valence-corrected chi connectivity index (χ1v) is 11.9. The van der Waals surface area contributed by atoms with Crippen LogP contribution in [-0.2, 0) is 23.2 Å². The minimum atomic E-state index is -0.113. The van der Waals surface area contributed by atoms with Gasteiger partial charge in [0.1, 0.15) is 5.75 Å². The molecular weight excluding hydrogens is 424 g/mol. The Morgan fingerprint density at radius 2 is 1.76 bits per heavy atom. The van der Waals surface area contributed by atoms with E-state index in [0.717, 1.165) is 24.1 Å². The molecule has 0 radical (unpaired) electrons. The third kappa shape index (κ3) is 5.30. The number of nitrogens with zero attached hydrogens (tertiary/aromatic N) is 1. The monoisotopic (exact) mass is 456 g/mol. The smallest absolute Gasteiger partial charge is 0.265 e. The van der Waals surface area contributed by atoms with E-state index in [0.29, 0.717) is 24.4 Å². The van der Waals surface area contributed by atoms with Crippen molar-refractivity contribution in [3.63, 3.8) is 0 Å². The Morgan fingerprint density at radius 1 is 1.00 bits per heavy atom. The molecule has 4 rings (SSSR count). The largest absolute Gasteiger partial charge is 0.482 e. The highest BCUT2D eigenvalue weighted by molar-refractivity contribution is 5.98. The van der Waals surface area contributed by atoms with Crippen LogP contribution < -0.4 is 15.0 Å². The van der Waals surface area contributed by atoms with Crippen molar-refractivity contribution in [2.24, 2.45) is 0 Å². The summed E-state index contributed by atoms with van der Waals surface area (Å²) >= 11 is 0. The summed E-state index contributed by atoms with van der Waals surface area (Å²) in [4.78, 5) is 27.3. The standard InChI is InChI=1S/C29H32N2O3/c1-4-29(2,3)24-13-14-26-25(18-24)31(27(32)20-34-26)19-22-11-8-12-23(17-22)28(33)30-16-15-21-9-6-5-7-10-21/h5-14,17-18H,4,15-16,19-20H2,1-3H3,(H,30,33). The van der Waals surface area contributed by atoms with Crippen LogP contribution in [0.4, 0.5) is 5.69 Å². The van der Waals surface area contributed by atoms with Crippen molar-refractivity contribution in [2.45, 2.75) is 45.6 Å². The summed E-state index contributed by atoms with van der Waals surface area (Å²) in [6.45, 7) is 7.53. The molecule has 1 heterocycles.